The Kier molecular flexibility index (Phi) is 3.15. The minimum Gasteiger partial charge on any atom is -0.497 e. The highest BCUT2D eigenvalue weighted by Crippen LogP contribution is 2.35. The molecule has 1 heterocycles. The summed E-state index contributed by atoms with van der Waals surface area (Å²) in [5.41, 5.74) is -0.788. The average Bonchev–Trinajstić information content (AvgIpc) is 3.08. The van der Waals surface area contributed by atoms with Crippen LogP contribution in [0.1, 0.15) is 5.56 Å². The lowest BCUT2D eigenvalue weighted by molar-refractivity contribution is -0.137. The van der Waals surface area contributed by atoms with Gasteiger partial charge in [0, 0.05) is 6.07 Å². The summed E-state index contributed by atoms with van der Waals surface area (Å²) in [7, 11) is 1.31. The number of halogens is 3. The summed E-state index contributed by atoms with van der Waals surface area (Å²) in [5.74, 6) is 0.249. The Morgan fingerprint density at radius 1 is 1.29 bits per heavy atom. The smallest absolute Gasteiger partial charge is 0.416 e. The molecule has 1 aliphatic heterocycles. The van der Waals surface area contributed by atoms with Gasteiger partial charge in [-0.05, 0) is 12.1 Å². The van der Waals surface area contributed by atoms with Crippen LogP contribution in [0.15, 0.2) is 18.2 Å². The van der Waals surface area contributed by atoms with Crippen LogP contribution in [-0.2, 0) is 10.9 Å². The number of epoxide rings is 1. The van der Waals surface area contributed by atoms with Crippen LogP contribution in [0.3, 0.4) is 0 Å². The van der Waals surface area contributed by atoms with Crippen molar-refractivity contribution in [3.8, 4) is 11.5 Å². The third-order valence-corrected chi connectivity index (χ3v) is 2.28. The molecule has 1 saturated heterocycles. The van der Waals surface area contributed by atoms with Gasteiger partial charge in [0.25, 0.3) is 0 Å². The topological polar surface area (TPSA) is 31.0 Å². The molecule has 0 spiro atoms. The summed E-state index contributed by atoms with van der Waals surface area (Å²) in [5, 5.41) is 0. The molecule has 1 atom stereocenters. The third-order valence-electron chi connectivity index (χ3n) is 2.28. The molecule has 17 heavy (non-hydrogen) atoms. The van der Waals surface area contributed by atoms with Crippen molar-refractivity contribution < 1.29 is 27.4 Å². The van der Waals surface area contributed by atoms with E-state index >= 15 is 0 Å². The quantitative estimate of drug-likeness (QED) is 0.767. The van der Waals surface area contributed by atoms with E-state index in [-0.39, 0.29) is 24.2 Å². The Hall–Kier alpha value is -1.43. The molecule has 0 saturated carbocycles. The lowest BCUT2D eigenvalue weighted by atomic mass is 10.2. The van der Waals surface area contributed by atoms with Crippen molar-refractivity contribution in [2.45, 2.75) is 12.3 Å². The Morgan fingerprint density at radius 2 is 1.94 bits per heavy atom. The monoisotopic (exact) mass is 248 g/mol. The van der Waals surface area contributed by atoms with E-state index in [4.69, 9.17) is 14.2 Å². The first-order valence-electron chi connectivity index (χ1n) is 5.00. The molecule has 1 fully saturated rings. The van der Waals surface area contributed by atoms with Gasteiger partial charge in [0.1, 0.15) is 24.2 Å². The van der Waals surface area contributed by atoms with E-state index in [1.54, 1.807) is 0 Å². The molecule has 1 unspecified atom stereocenters. The van der Waals surface area contributed by atoms with Gasteiger partial charge in [0.15, 0.2) is 0 Å². The molecule has 3 nitrogen and oxygen atoms in total. The van der Waals surface area contributed by atoms with Gasteiger partial charge in [-0.15, -0.1) is 0 Å². The van der Waals surface area contributed by atoms with E-state index < -0.39 is 11.7 Å². The zero-order valence-corrected chi connectivity index (χ0v) is 9.08. The first-order chi connectivity index (χ1) is 7.99. The molecule has 1 aromatic rings. The maximum Gasteiger partial charge on any atom is 0.416 e. The van der Waals surface area contributed by atoms with Crippen LogP contribution in [0.2, 0.25) is 0 Å². The van der Waals surface area contributed by atoms with Crippen LogP contribution < -0.4 is 9.47 Å². The third kappa shape index (κ3) is 3.26. The molecule has 0 N–H and O–H groups in total. The van der Waals surface area contributed by atoms with Crippen LogP contribution in [0.25, 0.3) is 0 Å². The van der Waals surface area contributed by atoms with Gasteiger partial charge in [-0.25, -0.2) is 0 Å². The van der Waals surface area contributed by atoms with Crippen LogP contribution in [-0.4, -0.2) is 26.4 Å². The number of rotatable bonds is 4. The van der Waals surface area contributed by atoms with E-state index in [0.29, 0.717) is 6.61 Å². The van der Waals surface area contributed by atoms with Crippen molar-refractivity contribution in [3.63, 3.8) is 0 Å². The lowest BCUT2D eigenvalue weighted by Crippen LogP contribution is -2.08. The maximum absolute atomic E-state index is 12.6. The van der Waals surface area contributed by atoms with Crippen molar-refractivity contribution in [1.29, 1.82) is 0 Å². The Balaban J connectivity index is 2.18. The van der Waals surface area contributed by atoms with Crippen molar-refractivity contribution in [2.24, 2.45) is 0 Å². The van der Waals surface area contributed by atoms with E-state index in [2.05, 4.69) is 0 Å². The fourth-order valence-corrected chi connectivity index (χ4v) is 1.29. The standard InChI is InChI=1S/C11H11F3O3/c1-15-8-2-7(11(12,13)14)3-9(4-8)16-5-10-6-17-10/h2-4,10H,5-6H2,1H3. The SMILES string of the molecule is COc1cc(OCC2CO2)cc(C(F)(F)F)c1. The normalized spacial score (nSPS) is 18.9. The molecule has 6 heteroatoms. The predicted octanol–water partition coefficient (Wildman–Crippen LogP) is 2.49. The van der Waals surface area contributed by atoms with Gasteiger partial charge in [-0.3, -0.25) is 0 Å². The Bertz CT molecular complexity index is 399. The number of hydrogen-bond donors (Lipinski definition) is 0. The van der Waals surface area contributed by atoms with Crippen LogP contribution in [0.5, 0.6) is 11.5 Å². The second-order valence-corrected chi connectivity index (χ2v) is 3.66. The Labute approximate surface area is 96.1 Å². The average molecular weight is 248 g/mol. The minimum atomic E-state index is -4.41. The summed E-state index contributed by atoms with van der Waals surface area (Å²) >= 11 is 0. The summed E-state index contributed by atoms with van der Waals surface area (Å²) in [6.07, 6.45) is -4.42. The van der Waals surface area contributed by atoms with Gasteiger partial charge in [0.05, 0.1) is 19.3 Å². The first-order valence-corrected chi connectivity index (χ1v) is 5.00. The predicted molar refractivity (Wildman–Crippen MR) is 53.2 cm³/mol. The molecular weight excluding hydrogens is 237 g/mol. The minimum absolute atomic E-state index is 0.00413. The molecule has 0 amide bonds. The van der Waals surface area contributed by atoms with Crippen LogP contribution in [0, 0.1) is 0 Å². The summed E-state index contributed by atoms with van der Waals surface area (Å²) < 4.78 is 52.6. The molecular formula is C11H11F3O3. The first kappa shape index (κ1) is 12.0. The zero-order chi connectivity index (χ0) is 12.5. The second-order valence-electron chi connectivity index (χ2n) is 3.66. The van der Waals surface area contributed by atoms with E-state index in [0.717, 1.165) is 12.1 Å². The molecule has 0 bridgehead atoms. The zero-order valence-electron chi connectivity index (χ0n) is 9.08. The molecule has 0 aliphatic carbocycles. The van der Waals surface area contributed by atoms with Crippen molar-refractivity contribution in [3.05, 3.63) is 23.8 Å². The molecule has 1 aromatic carbocycles. The molecule has 2 rings (SSSR count). The van der Waals surface area contributed by atoms with Crippen molar-refractivity contribution in [2.75, 3.05) is 20.3 Å². The number of benzene rings is 1. The molecule has 1 aliphatic rings. The van der Waals surface area contributed by atoms with E-state index in [1.165, 1.54) is 13.2 Å². The summed E-state index contributed by atoms with van der Waals surface area (Å²) in [6.45, 7) is 0.848. The van der Waals surface area contributed by atoms with Crippen molar-refractivity contribution >= 4 is 0 Å². The molecule has 0 aromatic heterocycles. The van der Waals surface area contributed by atoms with Crippen LogP contribution >= 0.6 is 0 Å². The van der Waals surface area contributed by atoms with Gasteiger partial charge >= 0.3 is 6.18 Å². The maximum atomic E-state index is 12.6. The fourth-order valence-electron chi connectivity index (χ4n) is 1.29. The van der Waals surface area contributed by atoms with Gasteiger partial charge in [-0.2, -0.15) is 13.2 Å². The number of alkyl halides is 3. The van der Waals surface area contributed by atoms with Crippen molar-refractivity contribution in [1.82, 2.24) is 0 Å². The Morgan fingerprint density at radius 3 is 2.47 bits per heavy atom. The molecule has 0 radical (unpaired) electrons. The lowest BCUT2D eigenvalue weighted by Gasteiger charge is -2.12. The highest BCUT2D eigenvalue weighted by Gasteiger charge is 2.32. The summed E-state index contributed by atoms with van der Waals surface area (Å²) in [4.78, 5) is 0. The largest absolute Gasteiger partial charge is 0.497 e. The van der Waals surface area contributed by atoms with Gasteiger partial charge < -0.3 is 14.2 Å². The van der Waals surface area contributed by atoms with Gasteiger partial charge in [0.2, 0.25) is 0 Å². The fraction of sp³-hybridized carbons (Fsp3) is 0.455. The number of ether oxygens (including phenoxy) is 3. The van der Waals surface area contributed by atoms with Gasteiger partial charge in [-0.1, -0.05) is 0 Å². The highest BCUT2D eigenvalue weighted by atomic mass is 19.4. The molecule has 94 valence electrons. The second kappa shape index (κ2) is 4.44. The number of hydrogen-bond acceptors (Lipinski definition) is 3. The van der Waals surface area contributed by atoms with Crippen LogP contribution in [0.4, 0.5) is 13.2 Å². The van der Waals surface area contributed by atoms with E-state index in [9.17, 15) is 13.2 Å². The summed E-state index contributed by atoms with van der Waals surface area (Å²) in [6, 6.07) is 3.29. The number of methoxy groups -OCH3 is 1. The van der Waals surface area contributed by atoms with E-state index in [1.807, 2.05) is 0 Å². The highest BCUT2D eigenvalue weighted by molar-refractivity contribution is 5.39.